The van der Waals surface area contributed by atoms with E-state index in [2.05, 4.69) is 15.2 Å². The Morgan fingerprint density at radius 2 is 1.68 bits per heavy atom. The fourth-order valence-electron chi connectivity index (χ4n) is 4.16. The van der Waals surface area contributed by atoms with Gasteiger partial charge in [0.15, 0.2) is 17.4 Å². The largest absolute Gasteiger partial charge is 0.385 e. The van der Waals surface area contributed by atoms with E-state index in [0.29, 0.717) is 43.9 Å². The van der Waals surface area contributed by atoms with Crippen LogP contribution in [0.4, 0.5) is 14.6 Å². The van der Waals surface area contributed by atoms with Gasteiger partial charge < -0.3 is 10.4 Å². The summed E-state index contributed by atoms with van der Waals surface area (Å²) in [6, 6.07) is 13.6. The van der Waals surface area contributed by atoms with E-state index in [-0.39, 0.29) is 17.3 Å². The van der Waals surface area contributed by atoms with Crippen molar-refractivity contribution >= 4 is 17.5 Å². The minimum absolute atomic E-state index is 0.0970. The molecule has 1 aliphatic heterocycles. The zero-order chi connectivity index (χ0) is 24.3. The predicted molar refractivity (Wildman–Crippen MR) is 123 cm³/mol. The van der Waals surface area contributed by atoms with Gasteiger partial charge in [0.1, 0.15) is 5.82 Å². The molecule has 1 saturated heterocycles. The number of nitrogens with zero attached hydrogens (tertiary/aromatic N) is 2. The highest BCUT2D eigenvalue weighted by atomic mass is 19.2. The van der Waals surface area contributed by atoms with Crippen LogP contribution in [-0.4, -0.2) is 39.8 Å². The number of hydrogen-bond acceptors (Lipinski definition) is 5. The molecule has 0 unspecified atom stereocenters. The number of hydrogen-bond donors (Lipinski definition) is 2. The molecule has 6 nitrogen and oxygen atoms in total. The molecule has 0 saturated carbocycles. The van der Waals surface area contributed by atoms with Gasteiger partial charge in [0.25, 0.3) is 0 Å². The number of halogens is 2. The van der Waals surface area contributed by atoms with Crippen LogP contribution in [-0.2, 0) is 16.9 Å². The van der Waals surface area contributed by atoms with E-state index in [9.17, 15) is 23.5 Å². The van der Waals surface area contributed by atoms with Gasteiger partial charge in [0.05, 0.1) is 5.60 Å². The van der Waals surface area contributed by atoms with Crippen LogP contribution in [0.3, 0.4) is 0 Å². The molecule has 0 aliphatic carbocycles. The molecule has 1 aliphatic rings. The molecule has 0 radical (unpaired) electrons. The van der Waals surface area contributed by atoms with Gasteiger partial charge in [-0.15, -0.1) is 0 Å². The van der Waals surface area contributed by atoms with E-state index >= 15 is 0 Å². The fourth-order valence-corrected chi connectivity index (χ4v) is 4.16. The fraction of sp³-hybridized carbons (Fsp3) is 0.269. The lowest BCUT2D eigenvalue weighted by molar-refractivity contribution is -0.114. The Kier molecular flexibility index (Phi) is 6.81. The molecule has 176 valence electrons. The number of nitrogens with one attached hydrogen (secondary N) is 1. The number of benzene rings is 2. The summed E-state index contributed by atoms with van der Waals surface area (Å²) >= 11 is 0. The second-order valence-corrected chi connectivity index (χ2v) is 8.57. The highest BCUT2D eigenvalue weighted by Crippen LogP contribution is 2.34. The van der Waals surface area contributed by atoms with Crippen molar-refractivity contribution in [1.82, 2.24) is 9.88 Å². The van der Waals surface area contributed by atoms with Gasteiger partial charge in [-0.1, -0.05) is 24.3 Å². The SMILES string of the molecule is CC(=O)Nc1cc(C2(O)CCN(Cc3ccc(C(=O)c4ccc(F)c(F)c4)cc3)CC2)ccn1. The lowest BCUT2D eigenvalue weighted by Crippen LogP contribution is -2.42. The molecular formula is C26H25F2N3O3. The molecule has 2 aromatic carbocycles. The van der Waals surface area contributed by atoms with Crippen molar-refractivity contribution in [2.24, 2.45) is 0 Å². The maximum atomic E-state index is 13.4. The second kappa shape index (κ2) is 9.79. The van der Waals surface area contributed by atoms with Crippen molar-refractivity contribution < 1.29 is 23.5 Å². The van der Waals surface area contributed by atoms with Crippen LogP contribution in [0.25, 0.3) is 0 Å². The number of amides is 1. The smallest absolute Gasteiger partial charge is 0.222 e. The van der Waals surface area contributed by atoms with Crippen molar-refractivity contribution in [3.63, 3.8) is 0 Å². The van der Waals surface area contributed by atoms with Gasteiger partial charge in [-0.2, -0.15) is 0 Å². The Hall–Kier alpha value is -3.49. The molecule has 34 heavy (non-hydrogen) atoms. The summed E-state index contributed by atoms with van der Waals surface area (Å²) in [5.41, 5.74) is 1.23. The van der Waals surface area contributed by atoms with Crippen LogP contribution in [0, 0.1) is 11.6 Å². The van der Waals surface area contributed by atoms with E-state index in [1.807, 2.05) is 12.1 Å². The topological polar surface area (TPSA) is 82.5 Å². The lowest BCUT2D eigenvalue weighted by atomic mass is 9.84. The molecule has 1 fully saturated rings. The Bertz CT molecular complexity index is 1210. The van der Waals surface area contributed by atoms with Gasteiger partial charge in [-0.25, -0.2) is 13.8 Å². The van der Waals surface area contributed by atoms with E-state index in [4.69, 9.17) is 0 Å². The Morgan fingerprint density at radius 3 is 2.32 bits per heavy atom. The van der Waals surface area contributed by atoms with Crippen LogP contribution in [0.1, 0.15) is 46.8 Å². The Labute approximate surface area is 196 Å². The van der Waals surface area contributed by atoms with Gasteiger partial charge in [0, 0.05) is 43.9 Å². The first-order chi connectivity index (χ1) is 16.2. The standard InChI is InChI=1S/C26H25F2N3O3/c1-17(32)30-24-15-21(8-11-29-24)26(34)9-12-31(13-10-26)16-18-2-4-19(5-3-18)25(33)20-6-7-22(27)23(28)14-20/h2-8,11,14-15,34H,9-10,12-13,16H2,1H3,(H,29,30,32). The minimum Gasteiger partial charge on any atom is -0.385 e. The summed E-state index contributed by atoms with van der Waals surface area (Å²) < 4.78 is 26.6. The highest BCUT2D eigenvalue weighted by Gasteiger charge is 2.34. The molecule has 0 bridgehead atoms. The van der Waals surface area contributed by atoms with Crippen LogP contribution in [0.5, 0.6) is 0 Å². The molecule has 2 heterocycles. The third kappa shape index (κ3) is 5.35. The first-order valence-corrected chi connectivity index (χ1v) is 11.0. The molecule has 0 spiro atoms. The number of piperidine rings is 1. The van der Waals surface area contributed by atoms with Crippen molar-refractivity contribution in [3.8, 4) is 0 Å². The third-order valence-electron chi connectivity index (χ3n) is 6.09. The molecule has 1 aromatic heterocycles. The quantitative estimate of drug-likeness (QED) is 0.537. The van der Waals surface area contributed by atoms with Gasteiger partial charge in [0.2, 0.25) is 5.91 Å². The summed E-state index contributed by atoms with van der Waals surface area (Å²) in [4.78, 5) is 30.2. The maximum absolute atomic E-state index is 13.4. The summed E-state index contributed by atoms with van der Waals surface area (Å²) in [5, 5.41) is 13.8. The average molecular weight is 466 g/mol. The van der Waals surface area contributed by atoms with E-state index < -0.39 is 17.2 Å². The Balaban J connectivity index is 1.36. The monoisotopic (exact) mass is 465 g/mol. The summed E-state index contributed by atoms with van der Waals surface area (Å²) in [6.07, 6.45) is 2.64. The Morgan fingerprint density at radius 1 is 1.00 bits per heavy atom. The van der Waals surface area contributed by atoms with Crippen molar-refractivity contribution in [1.29, 1.82) is 0 Å². The first kappa shape index (κ1) is 23.7. The average Bonchev–Trinajstić information content (AvgIpc) is 2.82. The summed E-state index contributed by atoms with van der Waals surface area (Å²) in [6.45, 7) is 3.41. The van der Waals surface area contributed by atoms with Crippen molar-refractivity contribution in [2.45, 2.75) is 31.9 Å². The van der Waals surface area contributed by atoms with E-state index in [1.54, 1.807) is 30.5 Å². The zero-order valence-electron chi connectivity index (χ0n) is 18.7. The number of likely N-dealkylation sites (tertiary alicyclic amines) is 1. The first-order valence-electron chi connectivity index (χ1n) is 11.0. The van der Waals surface area contributed by atoms with E-state index in [0.717, 1.165) is 23.3 Å². The van der Waals surface area contributed by atoms with Crippen molar-refractivity contribution in [2.75, 3.05) is 18.4 Å². The number of anilines is 1. The highest BCUT2D eigenvalue weighted by molar-refractivity contribution is 6.08. The lowest BCUT2D eigenvalue weighted by Gasteiger charge is -2.38. The van der Waals surface area contributed by atoms with Crippen LogP contribution in [0.15, 0.2) is 60.8 Å². The van der Waals surface area contributed by atoms with Gasteiger partial charge >= 0.3 is 0 Å². The summed E-state index contributed by atoms with van der Waals surface area (Å²) in [7, 11) is 0. The molecule has 1 amide bonds. The van der Waals surface area contributed by atoms with Gasteiger partial charge in [-0.05, 0) is 54.3 Å². The second-order valence-electron chi connectivity index (χ2n) is 8.57. The predicted octanol–water partition coefficient (Wildman–Crippen LogP) is 4.03. The molecular weight excluding hydrogens is 440 g/mol. The zero-order valence-corrected chi connectivity index (χ0v) is 18.7. The molecule has 4 rings (SSSR count). The van der Waals surface area contributed by atoms with Crippen LogP contribution >= 0.6 is 0 Å². The number of aromatic nitrogens is 1. The van der Waals surface area contributed by atoms with Crippen LogP contribution < -0.4 is 5.32 Å². The minimum atomic E-state index is -1.05. The number of pyridine rings is 1. The molecule has 3 aromatic rings. The van der Waals surface area contributed by atoms with Gasteiger partial charge in [-0.3, -0.25) is 14.5 Å². The maximum Gasteiger partial charge on any atom is 0.222 e. The number of ketones is 1. The molecule has 2 N–H and O–H groups in total. The third-order valence-corrected chi connectivity index (χ3v) is 6.09. The normalized spacial score (nSPS) is 15.6. The molecule has 0 atom stereocenters. The molecule has 8 heteroatoms. The van der Waals surface area contributed by atoms with Crippen LogP contribution in [0.2, 0.25) is 0 Å². The summed E-state index contributed by atoms with van der Waals surface area (Å²) in [5.74, 6) is -2.21. The number of rotatable bonds is 6. The van der Waals surface area contributed by atoms with E-state index in [1.165, 1.54) is 13.0 Å². The van der Waals surface area contributed by atoms with Crippen molar-refractivity contribution in [3.05, 3.63) is 94.7 Å². The number of carbonyl (C=O) groups is 2. The number of carbonyl (C=O) groups excluding carboxylic acids is 2. The number of aliphatic hydroxyl groups is 1.